The summed E-state index contributed by atoms with van der Waals surface area (Å²) in [5.41, 5.74) is -0.958. The van der Waals surface area contributed by atoms with E-state index < -0.39 is 24.4 Å². The summed E-state index contributed by atoms with van der Waals surface area (Å²) < 4.78 is 38.9. The molecule has 0 aliphatic heterocycles. The summed E-state index contributed by atoms with van der Waals surface area (Å²) in [7, 11) is 0. The van der Waals surface area contributed by atoms with Crippen LogP contribution in [0.2, 0.25) is 0 Å². The second-order valence-electron chi connectivity index (χ2n) is 3.89. The van der Waals surface area contributed by atoms with Crippen molar-refractivity contribution in [1.82, 2.24) is 4.98 Å². The Bertz CT molecular complexity index is 356. The standard InChI is InChI=1S/C10H10F3N.2C2H6/c1-7-2-3-14-8(4-7)9(11)5-10(12,13)6-9;2*1-2/h2-4H,5-6H2,1H3;2*1-2H3. The van der Waals surface area contributed by atoms with Crippen LogP contribution in [0.5, 0.6) is 0 Å². The molecule has 0 saturated heterocycles. The first-order valence-electron chi connectivity index (χ1n) is 6.41. The van der Waals surface area contributed by atoms with Gasteiger partial charge in [-0.2, -0.15) is 0 Å². The Labute approximate surface area is 107 Å². The molecule has 0 atom stereocenters. The lowest BCUT2D eigenvalue weighted by Gasteiger charge is -2.40. The molecule has 0 N–H and O–H groups in total. The van der Waals surface area contributed by atoms with Crippen LogP contribution in [0.25, 0.3) is 0 Å². The number of alkyl halides is 3. The average Bonchev–Trinajstić information content (AvgIpc) is 2.32. The number of pyridine rings is 1. The predicted octanol–water partition coefficient (Wildman–Crippen LogP) is 5.04. The van der Waals surface area contributed by atoms with Gasteiger partial charge in [0.1, 0.15) is 0 Å². The summed E-state index contributed by atoms with van der Waals surface area (Å²) in [5.74, 6) is -2.86. The number of hydrogen-bond acceptors (Lipinski definition) is 1. The van der Waals surface area contributed by atoms with Gasteiger partial charge in [-0.05, 0) is 24.6 Å². The number of halogens is 3. The fourth-order valence-corrected chi connectivity index (χ4v) is 1.73. The van der Waals surface area contributed by atoms with Gasteiger partial charge in [0, 0.05) is 6.20 Å². The second kappa shape index (κ2) is 6.76. The maximum absolute atomic E-state index is 13.8. The van der Waals surface area contributed by atoms with Crippen LogP contribution < -0.4 is 0 Å². The summed E-state index contributed by atoms with van der Waals surface area (Å²) >= 11 is 0. The van der Waals surface area contributed by atoms with E-state index in [2.05, 4.69) is 4.98 Å². The number of hydrogen-bond donors (Lipinski definition) is 0. The molecule has 2 rings (SSSR count). The molecule has 0 bridgehead atoms. The third-order valence-corrected chi connectivity index (χ3v) is 2.45. The molecule has 1 saturated carbocycles. The normalized spacial score (nSPS) is 18.4. The van der Waals surface area contributed by atoms with Crippen LogP contribution in [0, 0.1) is 6.92 Å². The number of aryl methyl sites for hydroxylation is 1. The van der Waals surface area contributed by atoms with E-state index in [1.807, 2.05) is 27.7 Å². The molecular formula is C14H22F3N. The first-order chi connectivity index (χ1) is 8.41. The van der Waals surface area contributed by atoms with Crippen LogP contribution in [0.15, 0.2) is 18.3 Å². The van der Waals surface area contributed by atoms with Crippen molar-refractivity contribution in [2.45, 2.75) is 59.1 Å². The Hall–Kier alpha value is -1.06. The van der Waals surface area contributed by atoms with Crippen LogP contribution >= 0.6 is 0 Å². The smallest absolute Gasteiger partial charge is 0.255 e. The summed E-state index contributed by atoms with van der Waals surface area (Å²) in [5, 5.41) is 0. The average molecular weight is 261 g/mol. The molecule has 0 amide bonds. The zero-order valence-corrected chi connectivity index (χ0v) is 11.7. The Morgan fingerprint density at radius 1 is 1.06 bits per heavy atom. The molecular weight excluding hydrogens is 239 g/mol. The van der Waals surface area contributed by atoms with Gasteiger partial charge in [-0.25, -0.2) is 13.2 Å². The van der Waals surface area contributed by atoms with E-state index in [4.69, 9.17) is 0 Å². The lowest BCUT2D eigenvalue weighted by Crippen LogP contribution is -2.46. The maximum atomic E-state index is 13.8. The van der Waals surface area contributed by atoms with Crippen LogP contribution in [-0.4, -0.2) is 10.9 Å². The van der Waals surface area contributed by atoms with Gasteiger partial charge >= 0.3 is 0 Å². The van der Waals surface area contributed by atoms with E-state index in [-0.39, 0.29) is 5.69 Å². The zero-order chi connectivity index (χ0) is 14.4. The third-order valence-electron chi connectivity index (χ3n) is 2.45. The Morgan fingerprint density at radius 2 is 1.56 bits per heavy atom. The second-order valence-corrected chi connectivity index (χ2v) is 3.89. The highest BCUT2D eigenvalue weighted by molar-refractivity contribution is 5.24. The highest BCUT2D eigenvalue weighted by Crippen LogP contribution is 2.53. The molecule has 1 aromatic rings. The minimum absolute atomic E-state index is 0.128. The molecule has 4 heteroatoms. The first kappa shape index (κ1) is 16.9. The molecule has 1 heterocycles. The summed E-state index contributed by atoms with van der Waals surface area (Å²) in [6, 6.07) is 3.24. The topological polar surface area (TPSA) is 12.9 Å². The van der Waals surface area contributed by atoms with Crippen LogP contribution in [-0.2, 0) is 5.67 Å². The Morgan fingerprint density at radius 3 is 1.94 bits per heavy atom. The van der Waals surface area contributed by atoms with Crippen molar-refractivity contribution in [3.8, 4) is 0 Å². The Kier molecular flexibility index (Phi) is 6.36. The van der Waals surface area contributed by atoms with E-state index in [0.29, 0.717) is 0 Å². The highest BCUT2D eigenvalue weighted by atomic mass is 19.3. The van der Waals surface area contributed by atoms with Crippen LogP contribution in [0.3, 0.4) is 0 Å². The van der Waals surface area contributed by atoms with Gasteiger partial charge in [-0.1, -0.05) is 27.7 Å². The summed E-state index contributed by atoms with van der Waals surface area (Å²) in [6.07, 6.45) is -0.0324. The fourth-order valence-electron chi connectivity index (χ4n) is 1.73. The van der Waals surface area contributed by atoms with Crippen molar-refractivity contribution in [3.05, 3.63) is 29.6 Å². The van der Waals surface area contributed by atoms with Gasteiger partial charge in [-0.3, -0.25) is 4.98 Å². The number of rotatable bonds is 1. The predicted molar refractivity (Wildman–Crippen MR) is 68.6 cm³/mol. The monoisotopic (exact) mass is 261 g/mol. The number of aromatic nitrogens is 1. The summed E-state index contributed by atoms with van der Waals surface area (Å²) in [4.78, 5) is 3.79. The molecule has 1 nitrogen and oxygen atoms in total. The lowest BCUT2D eigenvalue weighted by molar-refractivity contribution is -0.176. The minimum atomic E-state index is -2.86. The number of nitrogens with zero attached hydrogens (tertiary/aromatic N) is 1. The van der Waals surface area contributed by atoms with Crippen molar-refractivity contribution >= 4 is 0 Å². The SMILES string of the molecule is CC.CC.Cc1ccnc(C2(F)CC(F)(F)C2)c1. The highest BCUT2D eigenvalue weighted by Gasteiger charge is 2.59. The molecule has 104 valence electrons. The van der Waals surface area contributed by atoms with Crippen LogP contribution in [0.4, 0.5) is 13.2 Å². The van der Waals surface area contributed by atoms with E-state index in [1.165, 1.54) is 12.3 Å². The lowest BCUT2D eigenvalue weighted by atomic mass is 9.75. The van der Waals surface area contributed by atoms with Gasteiger partial charge in [0.2, 0.25) is 0 Å². The minimum Gasteiger partial charge on any atom is -0.258 e. The summed E-state index contributed by atoms with van der Waals surface area (Å²) in [6.45, 7) is 9.78. The van der Waals surface area contributed by atoms with Crippen molar-refractivity contribution < 1.29 is 13.2 Å². The third kappa shape index (κ3) is 4.00. The molecule has 0 spiro atoms. The molecule has 0 aromatic carbocycles. The van der Waals surface area contributed by atoms with Gasteiger partial charge < -0.3 is 0 Å². The van der Waals surface area contributed by atoms with E-state index in [0.717, 1.165) is 5.56 Å². The van der Waals surface area contributed by atoms with Crippen LogP contribution in [0.1, 0.15) is 51.8 Å². The fraction of sp³-hybridized carbons (Fsp3) is 0.643. The van der Waals surface area contributed by atoms with Gasteiger partial charge in [0.05, 0.1) is 18.5 Å². The zero-order valence-electron chi connectivity index (χ0n) is 11.7. The van der Waals surface area contributed by atoms with Gasteiger partial charge in [-0.15, -0.1) is 0 Å². The molecule has 1 aliphatic rings. The van der Waals surface area contributed by atoms with Crippen molar-refractivity contribution in [1.29, 1.82) is 0 Å². The van der Waals surface area contributed by atoms with Crippen molar-refractivity contribution in [2.24, 2.45) is 0 Å². The van der Waals surface area contributed by atoms with Gasteiger partial charge in [0.15, 0.2) is 5.67 Å². The van der Waals surface area contributed by atoms with Gasteiger partial charge in [0.25, 0.3) is 5.92 Å². The molecule has 0 unspecified atom stereocenters. The first-order valence-corrected chi connectivity index (χ1v) is 6.41. The van der Waals surface area contributed by atoms with Crippen molar-refractivity contribution in [2.75, 3.05) is 0 Å². The van der Waals surface area contributed by atoms with E-state index in [9.17, 15) is 13.2 Å². The molecule has 18 heavy (non-hydrogen) atoms. The molecule has 1 aromatic heterocycles. The quantitative estimate of drug-likeness (QED) is 0.690. The molecule has 1 fully saturated rings. The van der Waals surface area contributed by atoms with E-state index in [1.54, 1.807) is 13.0 Å². The Balaban J connectivity index is 0.000000659. The van der Waals surface area contributed by atoms with Crippen molar-refractivity contribution in [3.63, 3.8) is 0 Å². The molecule has 0 radical (unpaired) electrons. The maximum Gasteiger partial charge on any atom is 0.255 e. The largest absolute Gasteiger partial charge is 0.258 e. The molecule has 1 aliphatic carbocycles. The van der Waals surface area contributed by atoms with E-state index >= 15 is 0 Å².